The molecule has 126 valence electrons. The maximum Gasteiger partial charge on any atom is 0.252 e. The van der Waals surface area contributed by atoms with Gasteiger partial charge in [0.25, 0.3) is 5.91 Å². The number of likely N-dealkylation sites (tertiary alicyclic amines) is 1. The molecule has 1 heterocycles. The largest absolute Gasteiger partial charge is 0.352 e. The molecule has 0 aliphatic carbocycles. The fourth-order valence-electron chi connectivity index (χ4n) is 2.73. The minimum Gasteiger partial charge on any atom is -0.352 e. The van der Waals surface area contributed by atoms with E-state index in [1.807, 2.05) is 6.92 Å². The summed E-state index contributed by atoms with van der Waals surface area (Å²) in [5.41, 5.74) is 1.03. The molecule has 2 N–H and O–H groups in total. The van der Waals surface area contributed by atoms with Crippen molar-refractivity contribution >= 4 is 29.1 Å². The lowest BCUT2D eigenvalue weighted by atomic mass is 10.2. The zero-order valence-electron chi connectivity index (χ0n) is 13.5. The molecule has 5 nitrogen and oxygen atoms in total. The van der Waals surface area contributed by atoms with E-state index in [-0.39, 0.29) is 11.8 Å². The lowest BCUT2D eigenvalue weighted by molar-refractivity contribution is -0.117. The number of anilines is 1. The molecule has 0 unspecified atom stereocenters. The van der Waals surface area contributed by atoms with Crippen LogP contribution in [-0.2, 0) is 4.79 Å². The van der Waals surface area contributed by atoms with E-state index >= 15 is 0 Å². The Labute approximate surface area is 142 Å². The Hall–Kier alpha value is -1.59. The van der Waals surface area contributed by atoms with Crippen LogP contribution in [0.15, 0.2) is 18.2 Å². The van der Waals surface area contributed by atoms with E-state index < -0.39 is 0 Å². The summed E-state index contributed by atoms with van der Waals surface area (Å²) in [7, 11) is 0. The molecule has 1 aromatic rings. The van der Waals surface area contributed by atoms with Crippen molar-refractivity contribution in [3.05, 3.63) is 28.8 Å². The normalized spacial score (nSPS) is 15.7. The van der Waals surface area contributed by atoms with Crippen molar-refractivity contribution in [1.82, 2.24) is 10.2 Å². The van der Waals surface area contributed by atoms with Crippen LogP contribution < -0.4 is 10.6 Å². The Morgan fingerprint density at radius 3 is 2.48 bits per heavy atom. The minimum absolute atomic E-state index is 0.0475. The fourth-order valence-corrected chi connectivity index (χ4v) is 3.00. The molecule has 1 saturated heterocycles. The number of nitrogens with one attached hydrogen (secondary N) is 2. The van der Waals surface area contributed by atoms with Gasteiger partial charge in [0, 0.05) is 12.2 Å². The highest BCUT2D eigenvalue weighted by Crippen LogP contribution is 2.21. The van der Waals surface area contributed by atoms with Gasteiger partial charge in [-0.2, -0.15) is 0 Å². The lowest BCUT2D eigenvalue weighted by Crippen LogP contribution is -2.33. The Kier molecular flexibility index (Phi) is 6.86. The molecule has 23 heavy (non-hydrogen) atoms. The van der Waals surface area contributed by atoms with E-state index in [1.165, 1.54) is 12.8 Å². The number of hydrogen-bond donors (Lipinski definition) is 2. The molecule has 0 saturated carbocycles. The first-order chi connectivity index (χ1) is 11.1. The molecule has 1 aromatic carbocycles. The Morgan fingerprint density at radius 2 is 1.87 bits per heavy atom. The SMILES string of the molecule is CCNC(=O)c1ccc(NC(=O)CN2CCCCCC2)cc1Cl. The van der Waals surface area contributed by atoms with E-state index in [9.17, 15) is 9.59 Å². The summed E-state index contributed by atoms with van der Waals surface area (Å²) >= 11 is 6.13. The number of amides is 2. The maximum absolute atomic E-state index is 12.2. The molecule has 2 amide bonds. The average molecular weight is 338 g/mol. The third-order valence-electron chi connectivity index (χ3n) is 3.90. The number of rotatable bonds is 5. The van der Waals surface area contributed by atoms with Gasteiger partial charge in [0.1, 0.15) is 0 Å². The zero-order valence-corrected chi connectivity index (χ0v) is 14.3. The highest BCUT2D eigenvalue weighted by Gasteiger charge is 2.14. The fraction of sp³-hybridized carbons (Fsp3) is 0.529. The molecular weight excluding hydrogens is 314 g/mol. The van der Waals surface area contributed by atoms with Crippen LogP contribution in [-0.4, -0.2) is 42.9 Å². The van der Waals surface area contributed by atoms with Crippen molar-refractivity contribution in [3.8, 4) is 0 Å². The average Bonchev–Trinajstić information content (AvgIpc) is 2.76. The summed E-state index contributed by atoms with van der Waals surface area (Å²) in [6.07, 6.45) is 4.80. The van der Waals surface area contributed by atoms with Gasteiger partial charge in [-0.3, -0.25) is 14.5 Å². The molecule has 1 aliphatic heterocycles. The summed E-state index contributed by atoms with van der Waals surface area (Å²) in [5, 5.41) is 5.89. The van der Waals surface area contributed by atoms with Crippen LogP contribution in [0.3, 0.4) is 0 Å². The smallest absolute Gasteiger partial charge is 0.252 e. The van der Waals surface area contributed by atoms with Crippen molar-refractivity contribution in [2.75, 3.05) is 31.5 Å². The summed E-state index contributed by atoms with van der Waals surface area (Å²) < 4.78 is 0. The van der Waals surface area contributed by atoms with Crippen LogP contribution in [0.4, 0.5) is 5.69 Å². The van der Waals surface area contributed by atoms with Gasteiger partial charge < -0.3 is 10.6 Å². The molecular formula is C17H24ClN3O2. The van der Waals surface area contributed by atoms with E-state index in [1.54, 1.807) is 18.2 Å². The number of halogens is 1. The van der Waals surface area contributed by atoms with Crippen LogP contribution in [0.2, 0.25) is 5.02 Å². The van der Waals surface area contributed by atoms with Gasteiger partial charge >= 0.3 is 0 Å². The van der Waals surface area contributed by atoms with Crippen LogP contribution in [0, 0.1) is 0 Å². The molecule has 2 rings (SSSR count). The van der Waals surface area contributed by atoms with E-state index in [0.717, 1.165) is 25.9 Å². The number of hydrogen-bond acceptors (Lipinski definition) is 3. The molecule has 0 spiro atoms. The molecule has 1 fully saturated rings. The van der Waals surface area contributed by atoms with Crippen molar-refractivity contribution in [3.63, 3.8) is 0 Å². The third kappa shape index (κ3) is 5.52. The van der Waals surface area contributed by atoms with Crippen molar-refractivity contribution < 1.29 is 9.59 Å². The first-order valence-corrected chi connectivity index (χ1v) is 8.58. The van der Waals surface area contributed by atoms with Gasteiger partial charge in [0.15, 0.2) is 0 Å². The van der Waals surface area contributed by atoms with Gasteiger partial charge in [0.2, 0.25) is 5.91 Å². The highest BCUT2D eigenvalue weighted by molar-refractivity contribution is 6.34. The molecule has 1 aliphatic rings. The molecule has 0 aromatic heterocycles. The molecule has 0 atom stereocenters. The van der Waals surface area contributed by atoms with Crippen molar-refractivity contribution in [2.24, 2.45) is 0 Å². The van der Waals surface area contributed by atoms with E-state index in [4.69, 9.17) is 11.6 Å². The second-order valence-electron chi connectivity index (χ2n) is 5.79. The van der Waals surface area contributed by atoms with Gasteiger partial charge in [-0.05, 0) is 51.1 Å². The van der Waals surface area contributed by atoms with Gasteiger partial charge in [-0.25, -0.2) is 0 Å². The Morgan fingerprint density at radius 1 is 1.17 bits per heavy atom. The summed E-state index contributed by atoms with van der Waals surface area (Å²) in [6, 6.07) is 4.96. The zero-order chi connectivity index (χ0) is 16.7. The predicted molar refractivity (Wildman–Crippen MR) is 93.0 cm³/mol. The first kappa shape index (κ1) is 17.8. The molecule has 0 radical (unpaired) electrons. The van der Waals surface area contributed by atoms with E-state index in [2.05, 4.69) is 15.5 Å². The molecule has 6 heteroatoms. The summed E-state index contributed by atoms with van der Waals surface area (Å²) in [4.78, 5) is 26.1. The standard InChI is InChI=1S/C17H24ClN3O2/c1-2-19-17(23)14-8-7-13(11-15(14)18)20-16(22)12-21-9-5-3-4-6-10-21/h7-8,11H,2-6,9-10,12H2,1H3,(H,19,23)(H,20,22). The van der Waals surface area contributed by atoms with Crippen LogP contribution in [0.25, 0.3) is 0 Å². The van der Waals surface area contributed by atoms with E-state index in [0.29, 0.717) is 29.4 Å². The highest BCUT2D eigenvalue weighted by atomic mass is 35.5. The quantitative estimate of drug-likeness (QED) is 0.868. The van der Waals surface area contributed by atoms with Gasteiger partial charge in [-0.1, -0.05) is 24.4 Å². The monoisotopic (exact) mass is 337 g/mol. The lowest BCUT2D eigenvalue weighted by Gasteiger charge is -2.19. The third-order valence-corrected chi connectivity index (χ3v) is 4.21. The number of carbonyl (C=O) groups is 2. The first-order valence-electron chi connectivity index (χ1n) is 8.20. The summed E-state index contributed by atoms with van der Waals surface area (Å²) in [6.45, 7) is 4.75. The topological polar surface area (TPSA) is 61.4 Å². The number of nitrogens with zero attached hydrogens (tertiary/aromatic N) is 1. The van der Waals surface area contributed by atoms with Crippen molar-refractivity contribution in [2.45, 2.75) is 32.6 Å². The van der Waals surface area contributed by atoms with Crippen LogP contribution in [0.5, 0.6) is 0 Å². The Bertz CT molecular complexity index is 555. The van der Waals surface area contributed by atoms with Crippen molar-refractivity contribution in [1.29, 1.82) is 0 Å². The predicted octanol–water partition coefficient (Wildman–Crippen LogP) is 2.90. The van der Waals surface area contributed by atoms with Gasteiger partial charge in [-0.15, -0.1) is 0 Å². The number of benzene rings is 1. The summed E-state index contributed by atoms with van der Waals surface area (Å²) in [5.74, 6) is -0.256. The maximum atomic E-state index is 12.2. The number of carbonyl (C=O) groups excluding carboxylic acids is 2. The van der Waals surface area contributed by atoms with Gasteiger partial charge in [0.05, 0.1) is 17.1 Å². The Balaban J connectivity index is 1.93. The second kappa shape index (κ2) is 8.89. The van der Waals surface area contributed by atoms with Crippen LogP contribution in [0.1, 0.15) is 43.0 Å². The second-order valence-corrected chi connectivity index (χ2v) is 6.20. The van der Waals surface area contributed by atoms with Crippen LogP contribution >= 0.6 is 11.6 Å². The molecule has 0 bridgehead atoms. The minimum atomic E-state index is -0.208.